The normalized spacial score (nSPS) is 22.2. The molecule has 2 aromatic carbocycles. The molecule has 0 atom stereocenters. The summed E-state index contributed by atoms with van der Waals surface area (Å²) in [6.07, 6.45) is 8.24. The number of hydrogen-bond acceptors (Lipinski definition) is 5. The molecular weight excluding hydrogens is 557 g/mol. The second-order valence-electron chi connectivity index (χ2n) is 11.4. The van der Waals surface area contributed by atoms with E-state index in [1.165, 1.54) is 37.0 Å². The van der Waals surface area contributed by atoms with Crippen molar-refractivity contribution >= 4 is 33.4 Å². The molecule has 0 radical (unpaired) electrons. The van der Waals surface area contributed by atoms with Gasteiger partial charge in [0.15, 0.2) is 0 Å². The van der Waals surface area contributed by atoms with E-state index in [1.807, 2.05) is 0 Å². The Kier molecular flexibility index (Phi) is 9.19. The Balaban J connectivity index is 1.45. The number of aliphatic imine (C=N–C) groups is 1. The topological polar surface area (TPSA) is 125 Å². The Hall–Kier alpha value is -3.41. The second kappa shape index (κ2) is 12.8. The van der Waals surface area contributed by atoms with E-state index >= 15 is 0 Å². The molecule has 2 amide bonds. The molecule has 1 saturated carbocycles. The van der Waals surface area contributed by atoms with Crippen LogP contribution in [0.3, 0.4) is 0 Å². The van der Waals surface area contributed by atoms with Crippen LogP contribution in [-0.2, 0) is 27.8 Å². The third kappa shape index (κ3) is 6.63. The van der Waals surface area contributed by atoms with Gasteiger partial charge in [-0.25, -0.2) is 17.5 Å². The van der Waals surface area contributed by atoms with Gasteiger partial charge in [-0.2, -0.15) is 4.99 Å². The largest absolute Gasteiger partial charge is 0.369 e. The predicted octanol–water partition coefficient (Wildman–Crippen LogP) is 3.92. The third-order valence-electron chi connectivity index (χ3n) is 8.47. The number of amides is 2. The van der Waals surface area contributed by atoms with Crippen LogP contribution >= 0.6 is 0 Å². The van der Waals surface area contributed by atoms with Crippen molar-refractivity contribution in [3.05, 3.63) is 71.6 Å². The highest BCUT2D eigenvalue weighted by Crippen LogP contribution is 2.38. The van der Waals surface area contributed by atoms with Gasteiger partial charge in [0.05, 0.1) is 0 Å². The van der Waals surface area contributed by atoms with Crippen molar-refractivity contribution in [2.45, 2.75) is 68.8 Å². The van der Waals surface area contributed by atoms with Crippen LogP contribution in [0.1, 0.15) is 66.4 Å². The zero-order valence-corrected chi connectivity index (χ0v) is 24.5. The van der Waals surface area contributed by atoms with Crippen molar-refractivity contribution in [2.75, 3.05) is 24.5 Å². The molecule has 2 aromatic rings. The van der Waals surface area contributed by atoms with E-state index in [-0.39, 0.29) is 30.0 Å². The Bertz CT molecular complexity index is 1490. The number of nitrogens with zero attached hydrogens (tertiary/aromatic N) is 3. The lowest BCUT2D eigenvalue weighted by Gasteiger charge is -2.36. The average Bonchev–Trinajstić information content (AvgIpc) is 3.33. The van der Waals surface area contributed by atoms with Crippen LogP contribution in [0.4, 0.5) is 10.1 Å². The average molecular weight is 596 g/mol. The van der Waals surface area contributed by atoms with Crippen molar-refractivity contribution in [3.8, 4) is 0 Å². The van der Waals surface area contributed by atoms with Crippen molar-refractivity contribution in [1.29, 1.82) is 0 Å². The minimum atomic E-state index is -4.19. The third-order valence-corrected chi connectivity index (χ3v) is 9.91. The lowest BCUT2D eigenvalue weighted by molar-refractivity contribution is -0.122. The number of fused-ring (bicyclic) bond motifs is 1. The fourth-order valence-corrected chi connectivity index (χ4v) is 7.34. The van der Waals surface area contributed by atoms with Gasteiger partial charge in [-0.1, -0.05) is 24.6 Å². The summed E-state index contributed by atoms with van der Waals surface area (Å²) in [6.45, 7) is 6.41. The van der Waals surface area contributed by atoms with Gasteiger partial charge in [0.1, 0.15) is 16.5 Å². The van der Waals surface area contributed by atoms with Crippen LogP contribution in [-0.4, -0.2) is 56.6 Å². The molecule has 1 aliphatic carbocycles. The molecule has 224 valence electrons. The van der Waals surface area contributed by atoms with Gasteiger partial charge in [-0.3, -0.25) is 14.5 Å². The monoisotopic (exact) mass is 595 g/mol. The minimum absolute atomic E-state index is 0.0259. The number of halogens is 1. The van der Waals surface area contributed by atoms with Crippen LogP contribution in [0.2, 0.25) is 0 Å². The lowest BCUT2D eigenvalue weighted by Crippen LogP contribution is -2.42. The number of amidine groups is 1. The molecule has 0 aromatic heterocycles. The highest BCUT2D eigenvalue weighted by atomic mass is 32.2. The number of hydrogen-bond donors (Lipinski definition) is 2. The first-order chi connectivity index (χ1) is 20.2. The smallest absolute Gasteiger partial charge is 0.278 e. The first-order valence-corrected chi connectivity index (χ1v) is 16.1. The molecule has 0 spiro atoms. The van der Waals surface area contributed by atoms with Crippen LogP contribution < -0.4 is 15.4 Å². The van der Waals surface area contributed by atoms with Gasteiger partial charge < -0.3 is 10.6 Å². The van der Waals surface area contributed by atoms with Crippen LogP contribution in [0.5, 0.6) is 0 Å². The van der Waals surface area contributed by atoms with Gasteiger partial charge in [0.2, 0.25) is 15.9 Å². The second-order valence-corrected chi connectivity index (χ2v) is 13.1. The molecule has 5 rings (SSSR count). The van der Waals surface area contributed by atoms with E-state index < -0.39 is 26.6 Å². The van der Waals surface area contributed by atoms with E-state index in [4.69, 9.17) is 5.73 Å². The first kappa shape index (κ1) is 30.1. The summed E-state index contributed by atoms with van der Waals surface area (Å²) in [5.74, 6) is -1.50. The summed E-state index contributed by atoms with van der Waals surface area (Å²) in [4.78, 5) is 33.7. The predicted molar refractivity (Wildman–Crippen MR) is 160 cm³/mol. The van der Waals surface area contributed by atoms with Crippen molar-refractivity contribution in [1.82, 2.24) is 9.62 Å². The number of primary amides is 1. The Morgan fingerprint density at radius 2 is 1.81 bits per heavy atom. The fourth-order valence-electron chi connectivity index (χ4n) is 6.24. The van der Waals surface area contributed by atoms with Crippen LogP contribution in [0.15, 0.2) is 58.9 Å². The number of likely N-dealkylation sites (tertiary alicyclic amines) is 1. The minimum Gasteiger partial charge on any atom is -0.369 e. The van der Waals surface area contributed by atoms with E-state index in [9.17, 15) is 22.4 Å². The molecule has 0 bridgehead atoms. The Labute approximate surface area is 246 Å². The number of carbonyl (C=O) groups is 2. The van der Waals surface area contributed by atoms with Crippen molar-refractivity contribution in [3.63, 3.8) is 0 Å². The Morgan fingerprint density at radius 3 is 2.50 bits per heavy atom. The number of anilines is 1. The summed E-state index contributed by atoms with van der Waals surface area (Å²) >= 11 is 0. The van der Waals surface area contributed by atoms with Gasteiger partial charge >= 0.3 is 0 Å². The number of carbonyl (C=O) groups excluding carboxylic acids is 2. The van der Waals surface area contributed by atoms with Crippen molar-refractivity contribution in [2.24, 2.45) is 16.6 Å². The number of benzene rings is 2. The summed E-state index contributed by atoms with van der Waals surface area (Å²) in [6, 6.07) is 9.68. The maximum absolute atomic E-state index is 14.5. The number of rotatable bonds is 9. The van der Waals surface area contributed by atoms with Gasteiger partial charge in [0, 0.05) is 42.7 Å². The van der Waals surface area contributed by atoms with E-state index in [0.717, 1.165) is 55.9 Å². The molecule has 11 heteroatoms. The zero-order valence-electron chi connectivity index (χ0n) is 23.7. The molecule has 1 saturated heterocycles. The summed E-state index contributed by atoms with van der Waals surface area (Å²) in [7, 11) is -4.19. The maximum Gasteiger partial charge on any atom is 0.278 e. The lowest BCUT2D eigenvalue weighted by atomic mass is 9.85. The number of nitrogens with one attached hydrogen (secondary N) is 1. The number of sulfonamides is 1. The maximum atomic E-state index is 14.5. The summed E-state index contributed by atoms with van der Waals surface area (Å²) in [5.41, 5.74) is 8.81. The van der Waals surface area contributed by atoms with Crippen LogP contribution in [0.25, 0.3) is 0 Å². The van der Waals surface area contributed by atoms with E-state index in [2.05, 4.69) is 44.3 Å². The van der Waals surface area contributed by atoms with Gasteiger partial charge in [-0.15, -0.1) is 6.58 Å². The van der Waals surface area contributed by atoms with Gasteiger partial charge in [-0.05, 0) is 87.0 Å². The molecule has 3 N–H and O–H groups in total. The highest BCUT2D eigenvalue weighted by molar-refractivity contribution is 7.89. The summed E-state index contributed by atoms with van der Waals surface area (Å²) in [5, 5.41) is 0. The standard InChI is InChI=1S/C31H38FN5O4S/c1-2-14-34-42(40,41)28-18-24(10-13-26(28)32)31(39)35-29-19-23-7-6-21(20-36-15-4-3-5-16-36)17-27(23)37(29)25-11-8-22(9-12-25)30(33)38/h2,6-7,10,13,17-18,22,25,34H,1,3-5,8-9,11-12,14-16,19-20H2,(H2,33,38). The molecule has 42 heavy (non-hydrogen) atoms. The summed E-state index contributed by atoms with van der Waals surface area (Å²) < 4.78 is 41.9. The van der Waals surface area contributed by atoms with E-state index in [0.29, 0.717) is 25.1 Å². The van der Waals surface area contributed by atoms with Gasteiger partial charge in [0.25, 0.3) is 5.91 Å². The molecule has 2 aliphatic heterocycles. The first-order valence-electron chi connectivity index (χ1n) is 14.6. The molecule has 2 fully saturated rings. The molecule has 2 heterocycles. The SMILES string of the molecule is C=CCNS(=O)(=O)c1cc(C(=O)N=C2Cc3ccc(CN4CCCCC4)cc3N2C2CCC(C(N)=O)CC2)ccc1F. The molecule has 0 unspecified atom stereocenters. The van der Waals surface area contributed by atoms with Crippen LogP contribution in [0, 0.1) is 11.7 Å². The van der Waals surface area contributed by atoms with Crippen molar-refractivity contribution < 1.29 is 22.4 Å². The quantitative estimate of drug-likeness (QED) is 0.424. The number of nitrogens with two attached hydrogens (primary N) is 1. The fraction of sp³-hybridized carbons (Fsp3) is 0.452. The Morgan fingerprint density at radius 1 is 1.07 bits per heavy atom. The molecular formula is C31H38FN5O4S. The molecule has 9 nitrogen and oxygen atoms in total. The highest BCUT2D eigenvalue weighted by Gasteiger charge is 2.36. The zero-order chi connectivity index (χ0) is 29.9. The van der Waals surface area contributed by atoms with E-state index in [1.54, 1.807) is 0 Å². The molecule has 3 aliphatic rings. The number of piperidine rings is 1.